The summed E-state index contributed by atoms with van der Waals surface area (Å²) in [7, 11) is 1.33. The third-order valence-electron chi connectivity index (χ3n) is 2.47. The Kier molecular flexibility index (Phi) is 6.82. The third kappa shape index (κ3) is 5.52. The highest BCUT2D eigenvalue weighted by molar-refractivity contribution is 5.90. The molecule has 0 aliphatic carbocycles. The van der Waals surface area contributed by atoms with Gasteiger partial charge >= 0.3 is 11.9 Å². The van der Waals surface area contributed by atoms with Crippen molar-refractivity contribution in [2.45, 2.75) is 13.3 Å². The van der Waals surface area contributed by atoms with Gasteiger partial charge in [0.1, 0.15) is 6.61 Å². The average molecular weight is 274 g/mol. The molecule has 1 rings (SSSR count). The molecule has 0 heterocycles. The molecule has 1 aromatic rings. The van der Waals surface area contributed by atoms with Gasteiger partial charge in [-0.1, -0.05) is 31.2 Å². The molecule has 0 fully saturated rings. The van der Waals surface area contributed by atoms with Gasteiger partial charge in [0.2, 0.25) is 0 Å². The van der Waals surface area contributed by atoms with Crippen molar-refractivity contribution in [1.29, 1.82) is 0 Å². The zero-order chi connectivity index (χ0) is 14.8. The molecule has 0 saturated carbocycles. The maximum absolute atomic E-state index is 11.4. The average Bonchev–Trinajstić information content (AvgIpc) is 2.49. The van der Waals surface area contributed by atoms with Gasteiger partial charge in [0, 0.05) is 6.08 Å². The van der Waals surface area contributed by atoms with Crippen LogP contribution >= 0.6 is 0 Å². The number of allylic oxidation sites excluding steroid dienone is 1. The molecule has 0 bridgehead atoms. The Morgan fingerprint density at radius 3 is 2.45 bits per heavy atom. The van der Waals surface area contributed by atoms with Gasteiger partial charge in [-0.25, -0.2) is 9.59 Å². The van der Waals surface area contributed by atoms with Gasteiger partial charge < -0.3 is 9.47 Å². The number of methoxy groups -OCH3 is 1. The van der Waals surface area contributed by atoms with Gasteiger partial charge in [0.05, 0.1) is 12.7 Å². The topological polar surface area (TPSA) is 52.6 Å². The lowest BCUT2D eigenvalue weighted by Crippen LogP contribution is -2.01. The van der Waals surface area contributed by atoms with Crippen LogP contribution in [0.25, 0.3) is 6.08 Å². The molecule has 0 spiro atoms. The Bertz CT molecular complexity index is 498. The van der Waals surface area contributed by atoms with Crippen LogP contribution in [0.5, 0.6) is 0 Å². The first-order valence-corrected chi connectivity index (χ1v) is 6.35. The first-order valence-electron chi connectivity index (χ1n) is 6.35. The zero-order valence-corrected chi connectivity index (χ0v) is 11.7. The van der Waals surface area contributed by atoms with E-state index in [-0.39, 0.29) is 12.6 Å². The molecular weight excluding hydrogens is 256 g/mol. The van der Waals surface area contributed by atoms with E-state index in [0.29, 0.717) is 5.56 Å². The summed E-state index contributed by atoms with van der Waals surface area (Å²) in [5.41, 5.74) is 1.27. The maximum atomic E-state index is 11.4. The van der Waals surface area contributed by atoms with E-state index in [1.807, 2.05) is 13.0 Å². The highest BCUT2D eigenvalue weighted by Crippen LogP contribution is 2.07. The molecule has 1 aromatic carbocycles. The zero-order valence-electron chi connectivity index (χ0n) is 11.7. The highest BCUT2D eigenvalue weighted by atomic mass is 16.5. The molecule has 20 heavy (non-hydrogen) atoms. The van der Waals surface area contributed by atoms with E-state index >= 15 is 0 Å². The van der Waals surface area contributed by atoms with E-state index in [0.717, 1.165) is 12.0 Å². The van der Waals surface area contributed by atoms with Gasteiger partial charge in [-0.05, 0) is 30.2 Å². The Labute approximate surface area is 118 Å². The summed E-state index contributed by atoms with van der Waals surface area (Å²) in [6, 6.07) is 6.74. The van der Waals surface area contributed by atoms with Crippen molar-refractivity contribution in [2.75, 3.05) is 13.7 Å². The predicted octanol–water partition coefficient (Wildman–Crippen LogP) is 3.00. The second-order valence-electron chi connectivity index (χ2n) is 3.96. The molecule has 0 aliphatic rings. The van der Waals surface area contributed by atoms with Crippen molar-refractivity contribution in [3.63, 3.8) is 0 Å². The standard InChI is InChI=1S/C16H18O4/c1-3-4-5-12-20-15(17)11-8-13-6-9-14(10-7-13)16(18)19-2/h4-11H,3,12H2,1-2H3/b5-4+,11-8+. The van der Waals surface area contributed by atoms with Crippen LogP contribution < -0.4 is 0 Å². The lowest BCUT2D eigenvalue weighted by Gasteiger charge is -1.99. The normalized spacial score (nSPS) is 10.9. The lowest BCUT2D eigenvalue weighted by molar-refractivity contribution is -0.136. The van der Waals surface area contributed by atoms with Crippen molar-refractivity contribution in [3.05, 3.63) is 53.6 Å². The van der Waals surface area contributed by atoms with Crippen molar-refractivity contribution >= 4 is 18.0 Å². The molecule has 0 amide bonds. The number of rotatable bonds is 6. The molecule has 0 radical (unpaired) electrons. The minimum absolute atomic E-state index is 0.276. The van der Waals surface area contributed by atoms with Gasteiger partial charge in [0.15, 0.2) is 0 Å². The highest BCUT2D eigenvalue weighted by Gasteiger charge is 2.03. The summed E-state index contributed by atoms with van der Waals surface area (Å²) in [5.74, 6) is -0.787. The quantitative estimate of drug-likeness (QED) is 0.454. The Morgan fingerprint density at radius 2 is 1.85 bits per heavy atom. The molecule has 4 heteroatoms. The van der Waals surface area contributed by atoms with Crippen LogP contribution in [-0.4, -0.2) is 25.7 Å². The molecule has 106 valence electrons. The fraction of sp³-hybridized carbons (Fsp3) is 0.250. The Hall–Kier alpha value is -2.36. The molecule has 0 saturated heterocycles. The van der Waals surface area contributed by atoms with Crippen LogP contribution in [0, 0.1) is 0 Å². The number of carbonyl (C=O) groups is 2. The second kappa shape index (κ2) is 8.69. The number of ether oxygens (including phenoxy) is 2. The van der Waals surface area contributed by atoms with Crippen LogP contribution in [0.4, 0.5) is 0 Å². The van der Waals surface area contributed by atoms with E-state index in [1.165, 1.54) is 13.2 Å². The fourth-order valence-corrected chi connectivity index (χ4v) is 1.43. The number of carbonyl (C=O) groups excluding carboxylic acids is 2. The number of hydrogen-bond acceptors (Lipinski definition) is 4. The summed E-state index contributed by atoms with van der Waals surface area (Å²) in [4.78, 5) is 22.6. The largest absolute Gasteiger partial charge is 0.465 e. The van der Waals surface area contributed by atoms with E-state index in [4.69, 9.17) is 4.74 Å². The first kappa shape index (κ1) is 15.7. The smallest absolute Gasteiger partial charge is 0.337 e. The van der Waals surface area contributed by atoms with Gasteiger partial charge in [-0.2, -0.15) is 0 Å². The predicted molar refractivity (Wildman–Crippen MR) is 77.2 cm³/mol. The van der Waals surface area contributed by atoms with E-state index < -0.39 is 5.97 Å². The monoisotopic (exact) mass is 274 g/mol. The minimum atomic E-state index is -0.400. The van der Waals surface area contributed by atoms with Crippen molar-refractivity contribution in [2.24, 2.45) is 0 Å². The van der Waals surface area contributed by atoms with Crippen LogP contribution in [0.1, 0.15) is 29.3 Å². The van der Waals surface area contributed by atoms with Crippen LogP contribution in [0.2, 0.25) is 0 Å². The summed E-state index contributed by atoms with van der Waals surface area (Å²) >= 11 is 0. The fourth-order valence-electron chi connectivity index (χ4n) is 1.43. The van der Waals surface area contributed by atoms with E-state index in [9.17, 15) is 9.59 Å². The molecule has 4 nitrogen and oxygen atoms in total. The van der Waals surface area contributed by atoms with Crippen LogP contribution in [0.3, 0.4) is 0 Å². The molecule has 0 aromatic heterocycles. The first-order chi connectivity index (χ1) is 9.67. The summed E-state index contributed by atoms with van der Waals surface area (Å²) in [5, 5.41) is 0. The van der Waals surface area contributed by atoms with Crippen LogP contribution in [0.15, 0.2) is 42.5 Å². The van der Waals surface area contributed by atoms with Gasteiger partial charge in [0.25, 0.3) is 0 Å². The SMILES string of the molecule is CC/C=C/COC(=O)/C=C/c1ccc(C(=O)OC)cc1. The molecular formula is C16H18O4. The molecule has 0 atom stereocenters. The summed E-state index contributed by atoms with van der Waals surface area (Å²) in [6.07, 6.45) is 7.64. The summed E-state index contributed by atoms with van der Waals surface area (Å²) in [6.45, 7) is 2.29. The number of esters is 2. The van der Waals surface area contributed by atoms with Crippen molar-refractivity contribution in [1.82, 2.24) is 0 Å². The number of benzene rings is 1. The maximum Gasteiger partial charge on any atom is 0.337 e. The van der Waals surface area contributed by atoms with Crippen molar-refractivity contribution in [3.8, 4) is 0 Å². The van der Waals surface area contributed by atoms with Gasteiger partial charge in [-0.15, -0.1) is 0 Å². The Balaban J connectivity index is 2.51. The van der Waals surface area contributed by atoms with Crippen molar-refractivity contribution < 1.29 is 19.1 Å². The van der Waals surface area contributed by atoms with E-state index in [2.05, 4.69) is 4.74 Å². The number of hydrogen-bond donors (Lipinski definition) is 0. The third-order valence-corrected chi connectivity index (χ3v) is 2.47. The minimum Gasteiger partial charge on any atom is -0.465 e. The van der Waals surface area contributed by atoms with Crippen LogP contribution in [-0.2, 0) is 14.3 Å². The molecule has 0 aliphatic heterocycles. The molecule has 0 N–H and O–H groups in total. The Morgan fingerprint density at radius 1 is 1.15 bits per heavy atom. The van der Waals surface area contributed by atoms with Gasteiger partial charge in [-0.3, -0.25) is 0 Å². The van der Waals surface area contributed by atoms with E-state index in [1.54, 1.807) is 36.4 Å². The molecule has 0 unspecified atom stereocenters. The lowest BCUT2D eigenvalue weighted by atomic mass is 10.1. The second-order valence-corrected chi connectivity index (χ2v) is 3.96. The summed E-state index contributed by atoms with van der Waals surface area (Å²) < 4.78 is 9.56.